The van der Waals surface area contributed by atoms with E-state index in [2.05, 4.69) is 35.7 Å². The average Bonchev–Trinajstić information content (AvgIpc) is 2.77. The molecule has 2 aromatic rings. The molecule has 0 saturated heterocycles. The highest BCUT2D eigenvalue weighted by Crippen LogP contribution is 2.42. The fourth-order valence-electron chi connectivity index (χ4n) is 2.02. The first-order valence-electron chi connectivity index (χ1n) is 5.29. The van der Waals surface area contributed by atoms with Gasteiger partial charge >= 0.3 is 0 Å². The monoisotopic (exact) mass is 255 g/mol. The largest absolute Gasteiger partial charge is 0.193 e. The molecule has 2 heterocycles. The van der Waals surface area contributed by atoms with Crippen molar-refractivity contribution in [1.82, 2.24) is 0 Å². The van der Waals surface area contributed by atoms with Crippen LogP contribution in [0.1, 0.15) is 16.7 Å². The van der Waals surface area contributed by atoms with Crippen LogP contribution in [0.2, 0.25) is 0 Å². The topological polar surface area (TPSA) is 23.8 Å². The van der Waals surface area contributed by atoms with Crippen molar-refractivity contribution in [3.63, 3.8) is 0 Å². The molecule has 0 aliphatic carbocycles. The SMILES string of the molecule is N#CC=C1c2ccccc2CSc2sccc21. The summed E-state index contributed by atoms with van der Waals surface area (Å²) >= 11 is 3.61. The molecule has 0 unspecified atom stereocenters. The standard InChI is InChI=1S/C14H9NS2/c15-7-5-12-11-4-2-1-3-10(11)9-17-14-13(12)6-8-16-14/h1-6,8H,9H2. The second-order valence-electron chi connectivity index (χ2n) is 3.75. The van der Waals surface area contributed by atoms with E-state index in [1.54, 1.807) is 17.4 Å². The smallest absolute Gasteiger partial charge is 0.0918 e. The van der Waals surface area contributed by atoms with E-state index in [9.17, 15) is 0 Å². The highest BCUT2D eigenvalue weighted by atomic mass is 32.2. The molecule has 0 fully saturated rings. The summed E-state index contributed by atoms with van der Waals surface area (Å²) in [5.41, 5.74) is 4.76. The summed E-state index contributed by atoms with van der Waals surface area (Å²) in [6, 6.07) is 12.6. The minimum absolute atomic E-state index is 0.979. The molecule has 3 rings (SSSR count). The zero-order chi connectivity index (χ0) is 11.7. The van der Waals surface area contributed by atoms with Gasteiger partial charge in [0.2, 0.25) is 0 Å². The van der Waals surface area contributed by atoms with Crippen molar-refractivity contribution in [3.05, 3.63) is 58.5 Å². The maximum Gasteiger partial charge on any atom is 0.0918 e. The lowest BCUT2D eigenvalue weighted by Gasteiger charge is -2.07. The van der Waals surface area contributed by atoms with E-state index >= 15 is 0 Å². The van der Waals surface area contributed by atoms with Gasteiger partial charge in [0.15, 0.2) is 0 Å². The molecule has 82 valence electrons. The molecule has 0 N–H and O–H groups in total. The molecule has 1 aromatic carbocycles. The van der Waals surface area contributed by atoms with Crippen LogP contribution in [0.5, 0.6) is 0 Å². The quantitative estimate of drug-likeness (QED) is 0.655. The van der Waals surface area contributed by atoms with Gasteiger partial charge in [-0.1, -0.05) is 24.3 Å². The summed E-state index contributed by atoms with van der Waals surface area (Å²) in [5, 5.41) is 11.1. The van der Waals surface area contributed by atoms with Gasteiger partial charge in [0.25, 0.3) is 0 Å². The number of thiophene rings is 1. The minimum atomic E-state index is 0.979. The van der Waals surface area contributed by atoms with Crippen LogP contribution < -0.4 is 0 Å². The third-order valence-corrected chi connectivity index (χ3v) is 5.08. The van der Waals surface area contributed by atoms with Crippen LogP contribution in [0.3, 0.4) is 0 Å². The highest BCUT2D eigenvalue weighted by molar-refractivity contribution is 8.00. The van der Waals surface area contributed by atoms with Crippen LogP contribution in [0, 0.1) is 11.3 Å². The number of hydrogen-bond donors (Lipinski definition) is 0. The molecule has 1 aromatic heterocycles. The Balaban J connectivity index is 2.28. The van der Waals surface area contributed by atoms with Crippen LogP contribution in [0.4, 0.5) is 0 Å². The van der Waals surface area contributed by atoms with Gasteiger partial charge in [-0.2, -0.15) is 5.26 Å². The number of allylic oxidation sites excluding steroid dienone is 1. The molecule has 17 heavy (non-hydrogen) atoms. The number of rotatable bonds is 0. The lowest BCUT2D eigenvalue weighted by Crippen LogP contribution is -1.90. The Kier molecular flexibility index (Phi) is 2.76. The van der Waals surface area contributed by atoms with Gasteiger partial charge in [-0.25, -0.2) is 0 Å². The summed E-state index contributed by atoms with van der Waals surface area (Å²) < 4.78 is 1.31. The molecular weight excluding hydrogens is 246 g/mol. The van der Waals surface area contributed by atoms with Crippen LogP contribution in [0.15, 0.2) is 46.0 Å². The fourth-order valence-corrected chi connectivity index (χ4v) is 4.14. The molecule has 1 nitrogen and oxygen atoms in total. The third kappa shape index (κ3) is 1.80. The predicted octanol–water partition coefficient (Wildman–Crippen LogP) is 4.31. The highest BCUT2D eigenvalue weighted by Gasteiger charge is 2.18. The first-order valence-corrected chi connectivity index (χ1v) is 7.15. The van der Waals surface area contributed by atoms with Gasteiger partial charge in [0.05, 0.1) is 10.3 Å². The molecular formula is C14H9NS2. The lowest BCUT2D eigenvalue weighted by molar-refractivity contribution is 1.39. The number of nitrogens with zero attached hydrogens (tertiary/aromatic N) is 1. The second-order valence-corrected chi connectivity index (χ2v) is 5.91. The number of nitriles is 1. The van der Waals surface area contributed by atoms with Crippen LogP contribution in [-0.4, -0.2) is 0 Å². The van der Waals surface area contributed by atoms with Gasteiger partial charge in [0, 0.05) is 23.0 Å². The summed E-state index contributed by atoms with van der Waals surface area (Å²) in [6.07, 6.45) is 1.66. The Labute approximate surface area is 108 Å². The van der Waals surface area contributed by atoms with Gasteiger partial charge < -0.3 is 0 Å². The van der Waals surface area contributed by atoms with Gasteiger partial charge in [0.1, 0.15) is 0 Å². The van der Waals surface area contributed by atoms with Gasteiger partial charge in [-0.15, -0.1) is 23.1 Å². The minimum Gasteiger partial charge on any atom is -0.193 e. The normalized spacial score (nSPS) is 15.8. The maximum atomic E-state index is 8.97. The van der Waals surface area contributed by atoms with E-state index in [1.807, 2.05) is 17.8 Å². The van der Waals surface area contributed by atoms with E-state index in [0.29, 0.717) is 0 Å². The van der Waals surface area contributed by atoms with Crippen molar-refractivity contribution in [2.24, 2.45) is 0 Å². The molecule has 0 spiro atoms. The van der Waals surface area contributed by atoms with Gasteiger partial charge in [-0.3, -0.25) is 0 Å². The maximum absolute atomic E-state index is 8.97. The van der Waals surface area contributed by atoms with Crippen molar-refractivity contribution in [2.75, 3.05) is 0 Å². The van der Waals surface area contributed by atoms with Gasteiger partial charge in [-0.05, 0) is 22.6 Å². The molecule has 0 atom stereocenters. The summed E-state index contributed by atoms with van der Waals surface area (Å²) in [4.78, 5) is 0. The molecule has 0 bridgehead atoms. The zero-order valence-electron chi connectivity index (χ0n) is 9.01. The number of thioether (sulfide) groups is 1. The summed E-state index contributed by atoms with van der Waals surface area (Å²) in [6.45, 7) is 0. The number of benzene rings is 1. The molecule has 3 heteroatoms. The average molecular weight is 255 g/mol. The van der Waals surface area contributed by atoms with Crippen molar-refractivity contribution in [1.29, 1.82) is 5.26 Å². The van der Waals surface area contributed by atoms with Crippen LogP contribution in [-0.2, 0) is 5.75 Å². The van der Waals surface area contributed by atoms with E-state index in [0.717, 1.165) is 11.3 Å². The Morgan fingerprint density at radius 3 is 2.94 bits per heavy atom. The first kappa shape index (κ1) is 10.6. The lowest BCUT2D eigenvalue weighted by atomic mass is 9.96. The summed E-state index contributed by atoms with van der Waals surface area (Å²) in [5.74, 6) is 0.979. The zero-order valence-corrected chi connectivity index (χ0v) is 10.6. The first-order chi connectivity index (χ1) is 8.40. The molecule has 0 radical (unpaired) electrons. The third-order valence-electron chi connectivity index (χ3n) is 2.80. The number of hydrogen-bond acceptors (Lipinski definition) is 3. The molecule has 1 aliphatic rings. The summed E-state index contributed by atoms with van der Waals surface area (Å²) in [7, 11) is 0. The van der Waals surface area contributed by atoms with Crippen molar-refractivity contribution in [3.8, 4) is 6.07 Å². The van der Waals surface area contributed by atoms with E-state index < -0.39 is 0 Å². The Morgan fingerprint density at radius 1 is 1.18 bits per heavy atom. The Morgan fingerprint density at radius 2 is 2.06 bits per heavy atom. The van der Waals surface area contributed by atoms with E-state index in [4.69, 9.17) is 5.26 Å². The number of fused-ring (bicyclic) bond motifs is 2. The van der Waals surface area contributed by atoms with Crippen molar-refractivity contribution < 1.29 is 0 Å². The van der Waals surface area contributed by atoms with Crippen LogP contribution >= 0.6 is 23.1 Å². The van der Waals surface area contributed by atoms with Crippen molar-refractivity contribution >= 4 is 28.7 Å². The Bertz CT molecular complexity index is 632. The fraction of sp³-hybridized carbons (Fsp3) is 0.0714. The second kappa shape index (κ2) is 4.40. The van der Waals surface area contributed by atoms with Crippen LogP contribution in [0.25, 0.3) is 5.57 Å². The molecule has 0 amide bonds. The molecule has 1 aliphatic heterocycles. The predicted molar refractivity (Wildman–Crippen MR) is 73.0 cm³/mol. The van der Waals surface area contributed by atoms with Crippen molar-refractivity contribution in [2.45, 2.75) is 9.96 Å². The van der Waals surface area contributed by atoms with E-state index in [-0.39, 0.29) is 0 Å². The van der Waals surface area contributed by atoms with E-state index in [1.165, 1.54) is 20.9 Å². The molecule has 0 saturated carbocycles. The Hall–Kier alpha value is -1.50.